The molecule has 4 rings (SSSR count). The van der Waals surface area contributed by atoms with Gasteiger partial charge in [0.05, 0.1) is 0 Å². The zero-order chi connectivity index (χ0) is 16.5. The number of hydrogen-bond donors (Lipinski definition) is 1. The third-order valence-corrected chi connectivity index (χ3v) is 4.34. The first-order valence-corrected chi connectivity index (χ1v) is 8.13. The lowest BCUT2D eigenvalue weighted by atomic mass is 10.0. The second-order valence-electron chi connectivity index (χ2n) is 6.23. The van der Waals surface area contributed by atoms with Crippen LogP contribution in [0.2, 0.25) is 0 Å². The fraction of sp³-hybridized carbons (Fsp3) is 0.412. The van der Waals surface area contributed by atoms with E-state index in [0.29, 0.717) is 34.7 Å². The Labute approximate surface area is 140 Å². The molecule has 0 spiro atoms. The molecular weight excluding hydrogens is 308 g/mol. The van der Waals surface area contributed by atoms with Crippen LogP contribution in [-0.4, -0.2) is 29.9 Å². The van der Waals surface area contributed by atoms with Crippen molar-refractivity contribution in [2.75, 3.05) is 30.5 Å². The Bertz CT molecular complexity index is 753. The third-order valence-electron chi connectivity index (χ3n) is 4.34. The van der Waals surface area contributed by atoms with Crippen LogP contribution in [0.3, 0.4) is 0 Å². The predicted octanol–water partition coefficient (Wildman–Crippen LogP) is 2.82. The smallest absolute Gasteiger partial charge is 0.248 e. The van der Waals surface area contributed by atoms with E-state index in [4.69, 9.17) is 19.9 Å². The van der Waals surface area contributed by atoms with Gasteiger partial charge in [0.2, 0.25) is 12.7 Å². The Morgan fingerprint density at radius 1 is 1.25 bits per heavy atom. The van der Waals surface area contributed by atoms with E-state index < -0.39 is 0 Å². The maximum absolute atomic E-state index is 6.27. The molecule has 7 heteroatoms. The molecule has 1 saturated heterocycles. The molecule has 0 aliphatic carbocycles. The van der Waals surface area contributed by atoms with Crippen molar-refractivity contribution in [1.82, 2.24) is 9.97 Å². The molecule has 0 unspecified atom stereocenters. The molecule has 3 heterocycles. The molecule has 126 valence electrons. The summed E-state index contributed by atoms with van der Waals surface area (Å²) in [4.78, 5) is 10.8. The highest BCUT2D eigenvalue weighted by Gasteiger charge is 2.22. The molecule has 0 amide bonds. The molecule has 0 radical (unpaired) electrons. The van der Waals surface area contributed by atoms with Gasteiger partial charge in [-0.05, 0) is 30.9 Å². The van der Waals surface area contributed by atoms with Crippen molar-refractivity contribution >= 4 is 11.5 Å². The minimum Gasteiger partial charge on any atom is -0.454 e. The SMILES string of the molecule is C[C@@H]1CCCN(c2ncnc(Oc3ccc4c(c3)OCO4)c2N)C1. The van der Waals surface area contributed by atoms with Gasteiger partial charge in [0.15, 0.2) is 17.3 Å². The minimum absolute atomic E-state index is 0.228. The number of benzene rings is 1. The Morgan fingerprint density at radius 2 is 2.12 bits per heavy atom. The number of nitrogens with two attached hydrogens (primary N) is 1. The lowest BCUT2D eigenvalue weighted by molar-refractivity contribution is 0.174. The number of anilines is 2. The fourth-order valence-electron chi connectivity index (χ4n) is 3.14. The number of nitrogen functional groups attached to an aromatic ring is 1. The van der Waals surface area contributed by atoms with Crippen LogP contribution in [0.15, 0.2) is 24.5 Å². The van der Waals surface area contributed by atoms with Crippen molar-refractivity contribution in [3.05, 3.63) is 24.5 Å². The zero-order valence-electron chi connectivity index (χ0n) is 13.6. The number of fused-ring (bicyclic) bond motifs is 1. The molecule has 1 atom stereocenters. The normalized spacial score (nSPS) is 19.4. The molecular formula is C17H20N4O3. The third kappa shape index (κ3) is 2.77. The Balaban J connectivity index is 1.58. The van der Waals surface area contributed by atoms with Crippen LogP contribution >= 0.6 is 0 Å². The van der Waals surface area contributed by atoms with Crippen molar-refractivity contribution in [3.8, 4) is 23.1 Å². The summed E-state index contributed by atoms with van der Waals surface area (Å²) in [6.07, 6.45) is 3.87. The standard InChI is InChI=1S/C17H20N4O3/c1-11-3-2-6-21(8-11)16-15(18)17(20-9-19-16)24-12-4-5-13-14(7-12)23-10-22-13/h4-5,7,9,11H,2-3,6,8,10,18H2,1H3/t11-/m1/s1. The van der Waals surface area contributed by atoms with E-state index in [9.17, 15) is 0 Å². The van der Waals surface area contributed by atoms with Crippen LogP contribution in [0.4, 0.5) is 11.5 Å². The van der Waals surface area contributed by atoms with Gasteiger partial charge in [0, 0.05) is 19.2 Å². The molecule has 7 nitrogen and oxygen atoms in total. The fourth-order valence-corrected chi connectivity index (χ4v) is 3.14. The number of aromatic nitrogens is 2. The van der Waals surface area contributed by atoms with Gasteiger partial charge < -0.3 is 24.8 Å². The summed E-state index contributed by atoms with van der Waals surface area (Å²) < 4.78 is 16.5. The van der Waals surface area contributed by atoms with Crippen LogP contribution in [0, 0.1) is 5.92 Å². The van der Waals surface area contributed by atoms with Gasteiger partial charge in [-0.3, -0.25) is 0 Å². The first kappa shape index (κ1) is 14.9. The monoisotopic (exact) mass is 328 g/mol. The quantitative estimate of drug-likeness (QED) is 0.927. The summed E-state index contributed by atoms with van der Waals surface area (Å²) >= 11 is 0. The molecule has 1 aromatic carbocycles. The van der Waals surface area contributed by atoms with Gasteiger partial charge in [-0.1, -0.05) is 6.92 Å². The second-order valence-corrected chi connectivity index (χ2v) is 6.23. The second kappa shape index (κ2) is 6.07. The highest BCUT2D eigenvalue weighted by Crippen LogP contribution is 2.38. The van der Waals surface area contributed by atoms with Crippen LogP contribution in [0.5, 0.6) is 23.1 Å². The lowest BCUT2D eigenvalue weighted by Gasteiger charge is -2.32. The number of nitrogens with zero attached hydrogens (tertiary/aromatic N) is 3. The van der Waals surface area contributed by atoms with Gasteiger partial charge >= 0.3 is 0 Å². The van der Waals surface area contributed by atoms with Gasteiger partial charge in [-0.25, -0.2) is 4.98 Å². The summed E-state index contributed by atoms with van der Waals surface area (Å²) in [5.74, 6) is 3.70. The van der Waals surface area contributed by atoms with Crippen molar-refractivity contribution in [2.24, 2.45) is 5.92 Å². The van der Waals surface area contributed by atoms with Crippen molar-refractivity contribution in [1.29, 1.82) is 0 Å². The first-order valence-electron chi connectivity index (χ1n) is 8.13. The molecule has 24 heavy (non-hydrogen) atoms. The summed E-state index contributed by atoms with van der Waals surface area (Å²) in [7, 11) is 0. The summed E-state index contributed by atoms with van der Waals surface area (Å²) in [5.41, 5.74) is 6.73. The number of hydrogen-bond acceptors (Lipinski definition) is 7. The van der Waals surface area contributed by atoms with E-state index in [-0.39, 0.29) is 6.79 Å². The van der Waals surface area contributed by atoms with Crippen LogP contribution in [0.25, 0.3) is 0 Å². The maximum Gasteiger partial charge on any atom is 0.248 e. The molecule has 0 saturated carbocycles. The maximum atomic E-state index is 6.27. The van der Waals surface area contributed by atoms with Gasteiger partial charge in [0.25, 0.3) is 0 Å². The lowest BCUT2D eigenvalue weighted by Crippen LogP contribution is -2.35. The summed E-state index contributed by atoms with van der Waals surface area (Å²) in [6, 6.07) is 5.38. The van der Waals surface area contributed by atoms with E-state index in [2.05, 4.69) is 21.8 Å². The summed E-state index contributed by atoms with van der Waals surface area (Å²) in [6.45, 7) is 4.37. The number of ether oxygens (including phenoxy) is 3. The molecule has 2 aromatic rings. The highest BCUT2D eigenvalue weighted by atomic mass is 16.7. The molecule has 2 aliphatic rings. The van der Waals surface area contributed by atoms with Gasteiger partial charge in [0.1, 0.15) is 17.8 Å². The number of piperidine rings is 1. The van der Waals surface area contributed by atoms with E-state index in [0.717, 1.165) is 25.3 Å². The Morgan fingerprint density at radius 3 is 3.00 bits per heavy atom. The van der Waals surface area contributed by atoms with Gasteiger partial charge in [-0.2, -0.15) is 4.98 Å². The minimum atomic E-state index is 0.228. The zero-order valence-corrected chi connectivity index (χ0v) is 13.6. The van der Waals surface area contributed by atoms with Gasteiger partial charge in [-0.15, -0.1) is 0 Å². The molecule has 1 aromatic heterocycles. The van der Waals surface area contributed by atoms with Crippen molar-refractivity contribution in [2.45, 2.75) is 19.8 Å². The van der Waals surface area contributed by atoms with E-state index in [1.165, 1.54) is 12.7 Å². The number of rotatable bonds is 3. The Hall–Kier alpha value is -2.70. The largest absolute Gasteiger partial charge is 0.454 e. The topological polar surface area (TPSA) is 82.7 Å². The first-order chi connectivity index (χ1) is 11.7. The molecule has 0 bridgehead atoms. The van der Waals surface area contributed by atoms with Crippen LogP contribution < -0.4 is 24.8 Å². The highest BCUT2D eigenvalue weighted by molar-refractivity contribution is 5.68. The Kier molecular flexibility index (Phi) is 3.76. The summed E-state index contributed by atoms with van der Waals surface area (Å²) in [5, 5.41) is 0. The van der Waals surface area contributed by atoms with Crippen molar-refractivity contribution in [3.63, 3.8) is 0 Å². The molecule has 1 fully saturated rings. The average molecular weight is 328 g/mol. The molecule has 2 N–H and O–H groups in total. The van der Waals surface area contributed by atoms with E-state index in [1.807, 2.05) is 6.07 Å². The van der Waals surface area contributed by atoms with Crippen LogP contribution in [-0.2, 0) is 0 Å². The molecule has 2 aliphatic heterocycles. The average Bonchev–Trinajstić information content (AvgIpc) is 3.04. The predicted molar refractivity (Wildman–Crippen MR) is 89.7 cm³/mol. The van der Waals surface area contributed by atoms with E-state index >= 15 is 0 Å². The van der Waals surface area contributed by atoms with E-state index in [1.54, 1.807) is 12.1 Å². The van der Waals surface area contributed by atoms with Crippen LogP contribution in [0.1, 0.15) is 19.8 Å². The van der Waals surface area contributed by atoms with Crippen molar-refractivity contribution < 1.29 is 14.2 Å².